The van der Waals surface area contributed by atoms with E-state index in [1.807, 2.05) is 13.1 Å². The van der Waals surface area contributed by atoms with E-state index in [0.29, 0.717) is 0 Å². The largest absolute Gasteiger partial charge is 0.373 e. The summed E-state index contributed by atoms with van der Waals surface area (Å²) in [5.74, 6) is 2.67. The Hall–Kier alpha value is -1.36. The third kappa shape index (κ3) is 4.07. The van der Waals surface area contributed by atoms with E-state index in [2.05, 4.69) is 39.5 Å². The van der Waals surface area contributed by atoms with Crippen LogP contribution in [0.2, 0.25) is 0 Å². The fourth-order valence-corrected chi connectivity index (χ4v) is 2.76. The van der Waals surface area contributed by atoms with Gasteiger partial charge in [-0.2, -0.15) is 0 Å². The lowest BCUT2D eigenvalue weighted by molar-refractivity contribution is 0.254. The molecule has 112 valence electrons. The van der Waals surface area contributed by atoms with Crippen molar-refractivity contribution in [2.24, 2.45) is 0 Å². The molecular weight excluding hydrogens is 250 g/mol. The van der Waals surface area contributed by atoms with Crippen LogP contribution in [-0.4, -0.2) is 48.1 Å². The average molecular weight is 277 g/mol. The summed E-state index contributed by atoms with van der Waals surface area (Å²) in [5.41, 5.74) is 0. The summed E-state index contributed by atoms with van der Waals surface area (Å²) in [6.07, 6.45) is 6.34. The highest BCUT2D eigenvalue weighted by Gasteiger charge is 2.18. The molecule has 0 aliphatic heterocycles. The van der Waals surface area contributed by atoms with Crippen molar-refractivity contribution in [2.45, 2.75) is 45.1 Å². The Morgan fingerprint density at radius 1 is 1.25 bits per heavy atom. The van der Waals surface area contributed by atoms with Gasteiger partial charge in [-0.3, -0.25) is 0 Å². The van der Waals surface area contributed by atoms with Gasteiger partial charge in [0, 0.05) is 38.7 Å². The number of likely N-dealkylation sites (N-methyl/N-ethyl adjacent to an activating group) is 1. The Balaban J connectivity index is 1.83. The molecule has 0 aromatic carbocycles. The van der Waals surface area contributed by atoms with E-state index in [1.54, 1.807) is 0 Å². The lowest BCUT2D eigenvalue weighted by atomic mass is 10.2. The van der Waals surface area contributed by atoms with Crippen molar-refractivity contribution in [3.05, 3.63) is 11.9 Å². The van der Waals surface area contributed by atoms with Crippen LogP contribution >= 0.6 is 0 Å². The molecule has 0 spiro atoms. The molecule has 0 radical (unpaired) electrons. The number of nitrogens with one attached hydrogen (secondary N) is 2. The SMILES string of the molecule is CCc1nc(NC)cc(NCCN(C)C2CCCC2)n1. The van der Waals surface area contributed by atoms with E-state index in [1.165, 1.54) is 25.7 Å². The topological polar surface area (TPSA) is 53.1 Å². The minimum atomic E-state index is 0.779. The maximum Gasteiger partial charge on any atom is 0.132 e. The number of rotatable bonds is 7. The van der Waals surface area contributed by atoms with Crippen LogP contribution in [0.1, 0.15) is 38.4 Å². The second kappa shape index (κ2) is 7.43. The lowest BCUT2D eigenvalue weighted by Crippen LogP contribution is -2.33. The predicted molar refractivity (Wildman–Crippen MR) is 84.3 cm³/mol. The quantitative estimate of drug-likeness (QED) is 0.801. The molecule has 1 aliphatic carbocycles. The Bertz CT molecular complexity index is 392. The Morgan fingerprint density at radius 3 is 2.60 bits per heavy atom. The fourth-order valence-electron chi connectivity index (χ4n) is 2.76. The predicted octanol–water partition coefficient (Wildman–Crippen LogP) is 2.37. The van der Waals surface area contributed by atoms with Crippen molar-refractivity contribution in [2.75, 3.05) is 37.8 Å². The molecule has 0 unspecified atom stereocenters. The Kier molecular flexibility index (Phi) is 5.59. The Morgan fingerprint density at radius 2 is 1.95 bits per heavy atom. The van der Waals surface area contributed by atoms with E-state index in [-0.39, 0.29) is 0 Å². The standard InChI is InChI=1S/C15H27N5/c1-4-13-18-14(16-2)11-15(19-13)17-9-10-20(3)12-7-5-6-8-12/h11-12H,4-10H2,1-3H3,(H2,16,17,18,19). The number of anilines is 2. The summed E-state index contributed by atoms with van der Waals surface area (Å²) in [4.78, 5) is 11.4. The van der Waals surface area contributed by atoms with Crippen LogP contribution in [0, 0.1) is 0 Å². The maximum atomic E-state index is 4.51. The molecule has 1 fully saturated rings. The van der Waals surface area contributed by atoms with Gasteiger partial charge in [0.1, 0.15) is 17.5 Å². The van der Waals surface area contributed by atoms with Gasteiger partial charge in [0.2, 0.25) is 0 Å². The molecule has 20 heavy (non-hydrogen) atoms. The van der Waals surface area contributed by atoms with Gasteiger partial charge in [-0.1, -0.05) is 19.8 Å². The molecule has 5 nitrogen and oxygen atoms in total. The number of hydrogen-bond acceptors (Lipinski definition) is 5. The maximum absolute atomic E-state index is 4.51. The highest BCUT2D eigenvalue weighted by Crippen LogP contribution is 2.22. The summed E-state index contributed by atoms with van der Waals surface area (Å²) in [5, 5.41) is 6.50. The first kappa shape index (κ1) is 15.0. The van der Waals surface area contributed by atoms with Crippen LogP contribution in [-0.2, 0) is 6.42 Å². The summed E-state index contributed by atoms with van der Waals surface area (Å²) in [6.45, 7) is 4.06. The zero-order chi connectivity index (χ0) is 14.4. The zero-order valence-corrected chi connectivity index (χ0v) is 12.9. The van der Waals surface area contributed by atoms with Crippen molar-refractivity contribution in [3.8, 4) is 0 Å². The van der Waals surface area contributed by atoms with Crippen LogP contribution in [0.25, 0.3) is 0 Å². The zero-order valence-electron chi connectivity index (χ0n) is 12.9. The van der Waals surface area contributed by atoms with Crippen molar-refractivity contribution in [3.63, 3.8) is 0 Å². The first-order valence-electron chi connectivity index (χ1n) is 7.72. The van der Waals surface area contributed by atoms with Crippen molar-refractivity contribution in [1.82, 2.24) is 14.9 Å². The normalized spacial score (nSPS) is 15.8. The van der Waals surface area contributed by atoms with Crippen LogP contribution in [0.15, 0.2) is 6.07 Å². The second-order valence-corrected chi connectivity index (χ2v) is 5.50. The van der Waals surface area contributed by atoms with E-state index in [9.17, 15) is 0 Å². The smallest absolute Gasteiger partial charge is 0.132 e. The van der Waals surface area contributed by atoms with Crippen LogP contribution in [0.3, 0.4) is 0 Å². The third-order valence-electron chi connectivity index (χ3n) is 4.06. The van der Waals surface area contributed by atoms with E-state index in [0.717, 1.165) is 43.0 Å². The lowest BCUT2D eigenvalue weighted by Gasteiger charge is -2.24. The molecule has 1 saturated carbocycles. The molecule has 0 amide bonds. The summed E-state index contributed by atoms with van der Waals surface area (Å²) < 4.78 is 0. The molecule has 0 atom stereocenters. The van der Waals surface area contributed by atoms with Gasteiger partial charge in [-0.25, -0.2) is 9.97 Å². The van der Waals surface area contributed by atoms with Crippen molar-refractivity contribution < 1.29 is 0 Å². The molecule has 1 heterocycles. The van der Waals surface area contributed by atoms with E-state index in [4.69, 9.17) is 0 Å². The minimum absolute atomic E-state index is 0.779. The van der Waals surface area contributed by atoms with Gasteiger partial charge in [-0.05, 0) is 19.9 Å². The molecule has 1 aromatic heterocycles. The number of hydrogen-bond donors (Lipinski definition) is 2. The molecule has 5 heteroatoms. The van der Waals surface area contributed by atoms with Crippen molar-refractivity contribution in [1.29, 1.82) is 0 Å². The van der Waals surface area contributed by atoms with Crippen LogP contribution in [0.5, 0.6) is 0 Å². The highest BCUT2D eigenvalue weighted by molar-refractivity contribution is 5.47. The third-order valence-corrected chi connectivity index (χ3v) is 4.06. The molecule has 1 aliphatic rings. The Labute approximate surface area is 122 Å². The van der Waals surface area contributed by atoms with Gasteiger partial charge in [0.05, 0.1) is 0 Å². The fraction of sp³-hybridized carbons (Fsp3) is 0.733. The van der Waals surface area contributed by atoms with E-state index < -0.39 is 0 Å². The van der Waals surface area contributed by atoms with Gasteiger partial charge < -0.3 is 15.5 Å². The van der Waals surface area contributed by atoms with Gasteiger partial charge in [-0.15, -0.1) is 0 Å². The average Bonchev–Trinajstić information content (AvgIpc) is 3.01. The van der Waals surface area contributed by atoms with Crippen molar-refractivity contribution >= 4 is 11.6 Å². The second-order valence-electron chi connectivity index (χ2n) is 5.50. The van der Waals surface area contributed by atoms with Gasteiger partial charge in [0.15, 0.2) is 0 Å². The molecular formula is C15H27N5. The number of aryl methyl sites for hydroxylation is 1. The van der Waals surface area contributed by atoms with Gasteiger partial charge in [0.25, 0.3) is 0 Å². The van der Waals surface area contributed by atoms with Gasteiger partial charge >= 0.3 is 0 Å². The number of aromatic nitrogens is 2. The molecule has 2 N–H and O–H groups in total. The molecule has 0 saturated heterocycles. The monoisotopic (exact) mass is 277 g/mol. The van der Waals surface area contributed by atoms with Crippen LogP contribution < -0.4 is 10.6 Å². The first-order chi connectivity index (χ1) is 9.72. The first-order valence-corrected chi connectivity index (χ1v) is 7.72. The molecule has 0 bridgehead atoms. The molecule has 2 rings (SSSR count). The molecule has 1 aromatic rings. The van der Waals surface area contributed by atoms with E-state index >= 15 is 0 Å². The van der Waals surface area contributed by atoms with Crippen LogP contribution in [0.4, 0.5) is 11.6 Å². The summed E-state index contributed by atoms with van der Waals surface area (Å²) in [6, 6.07) is 2.75. The highest BCUT2D eigenvalue weighted by atomic mass is 15.2. The minimum Gasteiger partial charge on any atom is -0.373 e. The summed E-state index contributed by atoms with van der Waals surface area (Å²) >= 11 is 0. The summed E-state index contributed by atoms with van der Waals surface area (Å²) in [7, 11) is 4.12. The number of nitrogens with zero attached hydrogens (tertiary/aromatic N) is 3.